The van der Waals surface area contributed by atoms with E-state index >= 15 is 0 Å². The van der Waals surface area contributed by atoms with Gasteiger partial charge in [-0.15, -0.1) is 0 Å². The van der Waals surface area contributed by atoms with Gasteiger partial charge in [0.25, 0.3) is 5.69 Å². The lowest BCUT2D eigenvalue weighted by atomic mass is 10.1. The SMILES string of the molecule is O=[N+]([O-])c1cccc(-c2ccn3c(N4CCOCC4)cnc3n2)c1. The molecule has 1 aliphatic rings. The number of rotatable bonds is 3. The van der Waals surface area contributed by atoms with Crippen LogP contribution in [0.5, 0.6) is 0 Å². The molecular weight excluding hydrogens is 310 g/mol. The minimum Gasteiger partial charge on any atom is -0.378 e. The Balaban J connectivity index is 1.72. The van der Waals surface area contributed by atoms with E-state index in [1.807, 2.05) is 16.7 Å². The van der Waals surface area contributed by atoms with Crippen LogP contribution in [0.4, 0.5) is 11.5 Å². The lowest BCUT2D eigenvalue weighted by molar-refractivity contribution is -0.384. The Morgan fingerprint density at radius 1 is 1.21 bits per heavy atom. The molecule has 24 heavy (non-hydrogen) atoms. The number of ether oxygens (including phenoxy) is 1. The second kappa shape index (κ2) is 5.89. The number of fused-ring (bicyclic) bond motifs is 1. The molecular formula is C16H15N5O3. The highest BCUT2D eigenvalue weighted by molar-refractivity contribution is 5.64. The van der Waals surface area contributed by atoms with Crippen LogP contribution in [-0.2, 0) is 4.74 Å². The number of hydrogen-bond acceptors (Lipinski definition) is 6. The van der Waals surface area contributed by atoms with Crippen molar-refractivity contribution in [2.75, 3.05) is 31.2 Å². The van der Waals surface area contributed by atoms with Crippen molar-refractivity contribution >= 4 is 17.3 Å². The summed E-state index contributed by atoms with van der Waals surface area (Å²) in [5, 5.41) is 10.9. The van der Waals surface area contributed by atoms with Crippen LogP contribution in [0.1, 0.15) is 0 Å². The van der Waals surface area contributed by atoms with Gasteiger partial charge in [0.2, 0.25) is 5.78 Å². The number of nitro groups is 1. The van der Waals surface area contributed by atoms with Gasteiger partial charge in [-0.05, 0) is 6.07 Å². The Morgan fingerprint density at radius 2 is 2.04 bits per heavy atom. The number of anilines is 1. The summed E-state index contributed by atoms with van der Waals surface area (Å²) in [6.45, 7) is 3.04. The van der Waals surface area contributed by atoms with Gasteiger partial charge in [0.1, 0.15) is 5.82 Å². The molecule has 1 fully saturated rings. The summed E-state index contributed by atoms with van der Waals surface area (Å²) < 4.78 is 7.30. The topological polar surface area (TPSA) is 85.8 Å². The smallest absolute Gasteiger partial charge is 0.270 e. The van der Waals surface area contributed by atoms with E-state index in [1.165, 1.54) is 12.1 Å². The zero-order valence-electron chi connectivity index (χ0n) is 12.8. The van der Waals surface area contributed by atoms with Crippen LogP contribution in [0.3, 0.4) is 0 Å². The van der Waals surface area contributed by atoms with Gasteiger partial charge < -0.3 is 9.64 Å². The Morgan fingerprint density at radius 3 is 2.83 bits per heavy atom. The van der Waals surface area contributed by atoms with Crippen LogP contribution in [-0.4, -0.2) is 45.6 Å². The first-order chi connectivity index (χ1) is 11.7. The second-order valence-electron chi connectivity index (χ2n) is 5.51. The van der Waals surface area contributed by atoms with Crippen LogP contribution in [0.2, 0.25) is 0 Å². The summed E-state index contributed by atoms with van der Waals surface area (Å²) in [5.41, 5.74) is 1.40. The van der Waals surface area contributed by atoms with Crippen molar-refractivity contribution in [1.82, 2.24) is 14.4 Å². The molecule has 0 spiro atoms. The molecule has 0 atom stereocenters. The molecule has 1 saturated heterocycles. The summed E-state index contributed by atoms with van der Waals surface area (Å²) in [7, 11) is 0. The third-order valence-corrected chi connectivity index (χ3v) is 4.05. The molecule has 3 aromatic rings. The zero-order chi connectivity index (χ0) is 16.5. The maximum Gasteiger partial charge on any atom is 0.270 e. The molecule has 0 amide bonds. The van der Waals surface area contributed by atoms with E-state index in [0.29, 0.717) is 30.2 Å². The molecule has 1 aromatic carbocycles. The Hall–Kier alpha value is -3.00. The zero-order valence-corrected chi connectivity index (χ0v) is 12.8. The van der Waals surface area contributed by atoms with Crippen LogP contribution >= 0.6 is 0 Å². The fourth-order valence-electron chi connectivity index (χ4n) is 2.82. The highest BCUT2D eigenvalue weighted by Crippen LogP contribution is 2.24. The molecule has 0 radical (unpaired) electrons. The van der Waals surface area contributed by atoms with Crippen LogP contribution < -0.4 is 4.90 Å². The molecule has 0 saturated carbocycles. The van der Waals surface area contributed by atoms with Gasteiger partial charge in [-0.25, -0.2) is 9.97 Å². The fourth-order valence-corrected chi connectivity index (χ4v) is 2.82. The van der Waals surface area contributed by atoms with E-state index in [4.69, 9.17) is 4.74 Å². The Bertz CT molecular complexity index is 902. The van der Waals surface area contributed by atoms with Gasteiger partial charge in [0.05, 0.1) is 30.0 Å². The maximum atomic E-state index is 10.9. The molecule has 122 valence electrons. The number of hydrogen-bond donors (Lipinski definition) is 0. The number of imidazole rings is 1. The largest absolute Gasteiger partial charge is 0.378 e. The van der Waals surface area contributed by atoms with Crippen LogP contribution in [0.25, 0.3) is 17.0 Å². The molecule has 0 unspecified atom stereocenters. The number of non-ortho nitro benzene ring substituents is 1. The first-order valence-electron chi connectivity index (χ1n) is 7.64. The molecule has 1 aliphatic heterocycles. The van der Waals surface area contributed by atoms with E-state index in [1.54, 1.807) is 18.3 Å². The van der Waals surface area contributed by atoms with Crippen molar-refractivity contribution in [3.63, 3.8) is 0 Å². The highest BCUT2D eigenvalue weighted by atomic mass is 16.6. The van der Waals surface area contributed by atoms with Gasteiger partial charge in [0, 0.05) is 37.0 Å². The third-order valence-electron chi connectivity index (χ3n) is 4.05. The number of aromatic nitrogens is 3. The predicted molar refractivity (Wildman–Crippen MR) is 88.1 cm³/mol. The van der Waals surface area contributed by atoms with Crippen molar-refractivity contribution in [2.45, 2.75) is 0 Å². The lowest BCUT2D eigenvalue weighted by Gasteiger charge is -2.27. The van der Waals surface area contributed by atoms with Crippen molar-refractivity contribution in [2.24, 2.45) is 0 Å². The highest BCUT2D eigenvalue weighted by Gasteiger charge is 2.16. The van der Waals surface area contributed by atoms with E-state index < -0.39 is 4.92 Å². The van der Waals surface area contributed by atoms with E-state index in [9.17, 15) is 10.1 Å². The summed E-state index contributed by atoms with van der Waals surface area (Å²) in [4.78, 5) is 21.6. The number of benzene rings is 1. The Kier molecular flexibility index (Phi) is 3.58. The average Bonchev–Trinajstić information content (AvgIpc) is 3.05. The van der Waals surface area contributed by atoms with Crippen LogP contribution in [0.15, 0.2) is 42.7 Å². The van der Waals surface area contributed by atoms with Crippen molar-refractivity contribution in [3.05, 3.63) is 52.8 Å². The summed E-state index contributed by atoms with van der Waals surface area (Å²) in [6.07, 6.45) is 3.69. The van der Waals surface area contributed by atoms with Gasteiger partial charge in [0.15, 0.2) is 0 Å². The summed E-state index contributed by atoms with van der Waals surface area (Å²) >= 11 is 0. The molecule has 0 bridgehead atoms. The third kappa shape index (κ3) is 2.56. The van der Waals surface area contributed by atoms with Gasteiger partial charge in [-0.2, -0.15) is 0 Å². The number of nitrogens with zero attached hydrogens (tertiary/aromatic N) is 5. The minimum atomic E-state index is -0.409. The van der Waals surface area contributed by atoms with Crippen molar-refractivity contribution in [1.29, 1.82) is 0 Å². The maximum absolute atomic E-state index is 10.9. The summed E-state index contributed by atoms with van der Waals surface area (Å²) in [5.74, 6) is 1.55. The normalized spacial score (nSPS) is 14.9. The number of nitro benzene ring substituents is 1. The van der Waals surface area contributed by atoms with Crippen molar-refractivity contribution < 1.29 is 9.66 Å². The number of morpholine rings is 1. The monoisotopic (exact) mass is 325 g/mol. The average molecular weight is 325 g/mol. The molecule has 4 rings (SSSR count). The fraction of sp³-hybridized carbons (Fsp3) is 0.250. The minimum absolute atomic E-state index is 0.0477. The lowest BCUT2D eigenvalue weighted by Crippen LogP contribution is -2.36. The van der Waals surface area contributed by atoms with Crippen LogP contribution in [0, 0.1) is 10.1 Å². The van der Waals surface area contributed by atoms with Gasteiger partial charge in [-0.1, -0.05) is 12.1 Å². The quantitative estimate of drug-likeness (QED) is 0.542. The Labute approximate surface area is 137 Å². The van der Waals surface area contributed by atoms with E-state index in [-0.39, 0.29) is 5.69 Å². The van der Waals surface area contributed by atoms with Gasteiger partial charge in [-0.3, -0.25) is 14.5 Å². The molecule has 0 aliphatic carbocycles. The van der Waals surface area contributed by atoms with Gasteiger partial charge >= 0.3 is 0 Å². The van der Waals surface area contributed by atoms with E-state index in [0.717, 1.165) is 18.9 Å². The van der Waals surface area contributed by atoms with E-state index in [2.05, 4.69) is 14.9 Å². The predicted octanol–water partition coefficient (Wildman–Crippen LogP) is 2.14. The summed E-state index contributed by atoms with van der Waals surface area (Å²) in [6, 6.07) is 8.29. The molecule has 3 heterocycles. The molecule has 8 heteroatoms. The molecule has 0 N–H and O–H groups in total. The second-order valence-corrected chi connectivity index (χ2v) is 5.51. The first-order valence-corrected chi connectivity index (χ1v) is 7.64. The first kappa shape index (κ1) is 14.6. The van der Waals surface area contributed by atoms with Crippen molar-refractivity contribution in [3.8, 4) is 11.3 Å². The molecule has 8 nitrogen and oxygen atoms in total. The molecule has 2 aromatic heterocycles. The standard InChI is InChI=1S/C16H15N5O3/c22-21(23)13-3-1-2-12(10-13)14-4-5-20-15(11-17-16(20)18-14)19-6-8-24-9-7-19/h1-5,10-11H,6-9H2.